The highest BCUT2D eigenvalue weighted by atomic mass is 28.4. The summed E-state index contributed by atoms with van der Waals surface area (Å²) in [6, 6.07) is 5.87. The number of methoxy groups -OCH3 is 1. The molecule has 0 unspecified atom stereocenters. The molecule has 1 aliphatic rings. The van der Waals surface area contributed by atoms with Crippen molar-refractivity contribution in [2.45, 2.75) is 180 Å². The smallest absolute Gasteiger partial charge is 0.333 e. The molecule has 0 spiro atoms. The van der Waals surface area contributed by atoms with Crippen LogP contribution in [-0.4, -0.2) is 116 Å². The third-order valence-electron chi connectivity index (χ3n) is 12.3. The lowest BCUT2D eigenvalue weighted by Crippen LogP contribution is -2.59. The van der Waals surface area contributed by atoms with Gasteiger partial charge in [-0.05, 0) is 93.6 Å². The van der Waals surface area contributed by atoms with Crippen LogP contribution in [0.5, 0.6) is 5.75 Å². The van der Waals surface area contributed by atoms with Crippen LogP contribution in [0.25, 0.3) is 0 Å². The van der Waals surface area contributed by atoms with Crippen LogP contribution in [0.15, 0.2) is 46.1 Å². The van der Waals surface area contributed by atoms with E-state index in [-0.39, 0.29) is 35.6 Å². The summed E-state index contributed by atoms with van der Waals surface area (Å²) in [5, 5.41) is 28.1. The van der Waals surface area contributed by atoms with Gasteiger partial charge in [-0.2, -0.15) is 0 Å². The summed E-state index contributed by atoms with van der Waals surface area (Å²) in [6.07, 6.45) is -5.36. The molecule has 2 heterocycles. The second-order valence-corrected chi connectivity index (χ2v) is 30.3. The van der Waals surface area contributed by atoms with Crippen molar-refractivity contribution in [1.82, 2.24) is 19.8 Å². The molecule has 1 amide bonds. The minimum atomic E-state index is -2.73. The minimum Gasteiger partial charge on any atom is -0.497 e. The zero-order valence-corrected chi connectivity index (χ0v) is 42.0. The summed E-state index contributed by atoms with van der Waals surface area (Å²) in [5.41, 5.74) is 4.56. The topological polar surface area (TPSA) is 215 Å². The zero-order valence-electron chi connectivity index (χ0n) is 40.0. The molecule has 1 aromatic carbocycles. The van der Waals surface area contributed by atoms with Crippen molar-refractivity contribution in [2.24, 2.45) is 11.7 Å². The number of nitrogens with one attached hydrogen (secondary N) is 2. The van der Waals surface area contributed by atoms with Crippen LogP contribution in [0.3, 0.4) is 0 Å². The highest BCUT2D eigenvalue weighted by Crippen LogP contribution is 2.46. The van der Waals surface area contributed by atoms with E-state index in [9.17, 15) is 29.4 Å². The minimum absolute atomic E-state index is 0.0335. The zero-order chi connectivity index (χ0) is 47.3. The Morgan fingerprint density at radius 2 is 1.42 bits per heavy atom. The molecular formula is C44H77N5O11Si2. The van der Waals surface area contributed by atoms with E-state index in [0.717, 1.165) is 4.57 Å². The maximum Gasteiger partial charge on any atom is 0.333 e. The van der Waals surface area contributed by atoms with Crippen LogP contribution in [0.1, 0.15) is 94.4 Å². The highest BCUT2D eigenvalue weighted by Gasteiger charge is 2.57. The summed E-state index contributed by atoms with van der Waals surface area (Å²) in [7, 11) is -3.89. The molecule has 2 aromatic rings. The Bertz CT molecular complexity index is 1920. The molecule has 0 aliphatic carbocycles. The van der Waals surface area contributed by atoms with Crippen LogP contribution in [0, 0.1) is 5.92 Å². The van der Waals surface area contributed by atoms with E-state index in [4.69, 9.17) is 28.8 Å². The maximum atomic E-state index is 14.5. The number of hydrogen-bond donors (Lipinski definition) is 5. The van der Waals surface area contributed by atoms with Gasteiger partial charge < -0.3 is 49.6 Å². The first-order chi connectivity index (χ1) is 28.3. The first kappa shape index (κ1) is 53.1. The molecule has 62 heavy (non-hydrogen) atoms. The molecule has 352 valence electrons. The van der Waals surface area contributed by atoms with Gasteiger partial charge in [-0.15, -0.1) is 0 Å². The van der Waals surface area contributed by atoms with Gasteiger partial charge in [-0.1, -0.05) is 67.5 Å². The van der Waals surface area contributed by atoms with Crippen molar-refractivity contribution in [3.8, 4) is 5.75 Å². The molecule has 6 N–H and O–H groups in total. The Morgan fingerprint density at radius 1 is 0.871 bits per heavy atom. The van der Waals surface area contributed by atoms with Crippen LogP contribution in [-0.2, 0) is 34.5 Å². The predicted molar refractivity (Wildman–Crippen MR) is 245 cm³/mol. The van der Waals surface area contributed by atoms with E-state index in [1.54, 1.807) is 66.0 Å². The summed E-state index contributed by atoms with van der Waals surface area (Å²) in [6.45, 7) is 29.8. The first-order valence-corrected chi connectivity index (χ1v) is 27.5. The van der Waals surface area contributed by atoms with Crippen molar-refractivity contribution in [3.05, 3.63) is 62.9 Å². The number of nitrogens with two attached hydrogens (primary N) is 1. The molecule has 3 rings (SSSR count). The Morgan fingerprint density at radius 3 is 1.92 bits per heavy atom. The molecule has 0 bridgehead atoms. The Labute approximate surface area is 370 Å². The molecule has 1 saturated heterocycles. The van der Waals surface area contributed by atoms with Gasteiger partial charge in [-0.25, -0.2) is 4.79 Å². The standard InChI is InChI=1S/C44H77N5O11Si2/c1-27(2)33(51)31(45)38(53)47-24-17-23-46-32(40(54)58-42(3,4)5)34(52)35-36(59-61(13,14)43(6,7)8)37(60-62(15,16)44(9,10)11)39(57-35)48-25-22-30(50)49(41(48)55)26-28-18-20-29(56-12)21-19-28/h18-22,25,27,31-37,39,46,51-52H,17,23-24,26,45H2,1-16H3,(H,47,53)/t31-,32-,33-,34+,35+,36+,37+,39+/m0/s1. The number of carbonyl (C=O) groups is 2. The average molecular weight is 908 g/mol. The average Bonchev–Trinajstić information content (AvgIpc) is 3.47. The third kappa shape index (κ3) is 13.4. The number of hydrogen-bond acceptors (Lipinski definition) is 13. The van der Waals surface area contributed by atoms with Gasteiger partial charge in [0.1, 0.15) is 47.9 Å². The summed E-state index contributed by atoms with van der Waals surface area (Å²) in [5.74, 6) is -0.847. The van der Waals surface area contributed by atoms with Crippen molar-refractivity contribution in [2.75, 3.05) is 20.2 Å². The Kier molecular flexibility index (Phi) is 17.8. The number of aliphatic hydroxyl groups is 2. The molecule has 1 aliphatic heterocycles. The molecule has 0 radical (unpaired) electrons. The predicted octanol–water partition coefficient (Wildman–Crippen LogP) is 4.26. The third-order valence-corrected chi connectivity index (χ3v) is 21.2. The Hall–Kier alpha value is -3.21. The molecule has 0 saturated carbocycles. The van der Waals surface area contributed by atoms with E-state index in [1.165, 1.54) is 16.8 Å². The van der Waals surface area contributed by atoms with E-state index in [2.05, 4.69) is 78.4 Å². The number of nitrogens with zero attached hydrogens (tertiary/aromatic N) is 2. The van der Waals surface area contributed by atoms with Gasteiger partial charge in [0.15, 0.2) is 22.9 Å². The monoisotopic (exact) mass is 908 g/mol. The summed E-state index contributed by atoms with van der Waals surface area (Å²) < 4.78 is 34.8. The number of rotatable bonds is 19. The molecule has 16 nitrogen and oxygen atoms in total. The van der Waals surface area contributed by atoms with Crippen molar-refractivity contribution in [1.29, 1.82) is 0 Å². The normalized spacial score (nSPS) is 21.0. The van der Waals surface area contributed by atoms with E-state index < -0.39 is 94.2 Å². The number of esters is 1. The van der Waals surface area contributed by atoms with Gasteiger partial charge >= 0.3 is 11.7 Å². The fourth-order valence-corrected chi connectivity index (χ4v) is 8.97. The quantitative estimate of drug-likeness (QED) is 0.0759. The van der Waals surface area contributed by atoms with Gasteiger partial charge in [0.05, 0.1) is 19.8 Å². The van der Waals surface area contributed by atoms with Gasteiger partial charge in [-0.3, -0.25) is 23.5 Å². The van der Waals surface area contributed by atoms with E-state index >= 15 is 0 Å². The number of ether oxygens (including phenoxy) is 3. The fraction of sp³-hybridized carbons (Fsp3) is 0.727. The largest absolute Gasteiger partial charge is 0.497 e. The molecule has 1 aromatic heterocycles. The summed E-state index contributed by atoms with van der Waals surface area (Å²) >= 11 is 0. The van der Waals surface area contributed by atoms with Crippen LogP contribution >= 0.6 is 0 Å². The fourth-order valence-electron chi connectivity index (χ4n) is 6.38. The molecule has 18 heteroatoms. The van der Waals surface area contributed by atoms with Gasteiger partial charge in [0.25, 0.3) is 5.56 Å². The number of aromatic nitrogens is 2. The lowest BCUT2D eigenvalue weighted by Gasteiger charge is -2.44. The molecule has 1 fully saturated rings. The first-order valence-electron chi connectivity index (χ1n) is 21.6. The highest BCUT2D eigenvalue weighted by molar-refractivity contribution is 6.74. The number of carbonyl (C=O) groups excluding carboxylic acids is 2. The maximum absolute atomic E-state index is 14.5. The second-order valence-electron chi connectivity index (χ2n) is 20.8. The summed E-state index contributed by atoms with van der Waals surface area (Å²) in [4.78, 5) is 54.6. The van der Waals surface area contributed by atoms with E-state index in [0.29, 0.717) is 17.7 Å². The number of amides is 1. The molecule has 8 atom stereocenters. The van der Waals surface area contributed by atoms with Crippen LogP contribution in [0.2, 0.25) is 36.3 Å². The molecular weight excluding hydrogens is 831 g/mol. The van der Waals surface area contributed by atoms with Crippen molar-refractivity contribution >= 4 is 28.5 Å². The van der Waals surface area contributed by atoms with Gasteiger partial charge in [0.2, 0.25) is 5.91 Å². The lowest BCUT2D eigenvalue weighted by atomic mass is 9.99. The van der Waals surface area contributed by atoms with Gasteiger partial charge in [0, 0.05) is 18.8 Å². The van der Waals surface area contributed by atoms with Crippen LogP contribution < -0.4 is 32.4 Å². The Balaban J connectivity index is 2.17. The van der Waals surface area contributed by atoms with Crippen LogP contribution in [0.4, 0.5) is 0 Å². The van der Waals surface area contributed by atoms with Crippen molar-refractivity contribution < 1.29 is 42.9 Å². The second kappa shape index (κ2) is 20.7. The van der Waals surface area contributed by atoms with E-state index in [1.807, 2.05) is 0 Å². The van der Waals surface area contributed by atoms with Crippen molar-refractivity contribution in [3.63, 3.8) is 0 Å². The number of benzene rings is 1. The number of aliphatic hydroxyl groups excluding tert-OH is 2. The lowest BCUT2D eigenvalue weighted by molar-refractivity contribution is -0.166. The SMILES string of the molecule is COc1ccc(Cn2c(=O)ccn([C@@H]3O[C@H]([C@H](O)[C@H](NCCCNC(=O)[C@@H](N)[C@@H](O)C(C)C)C(=O)OC(C)(C)C)[C@@H](O[Si](C)(C)C(C)(C)C)[C@H]3O[Si](C)(C)C(C)(C)C)c2=O)cc1.